The molecule has 364 valence electrons. The fraction of sp³-hybridized carbons (Fsp3) is 0.623. The third kappa shape index (κ3) is 46.6. The van der Waals surface area contributed by atoms with Crippen molar-refractivity contribution in [1.29, 1.82) is 0 Å². The summed E-state index contributed by atoms with van der Waals surface area (Å²) in [6, 6.07) is 0. The van der Waals surface area contributed by atoms with Crippen molar-refractivity contribution in [3.05, 3.63) is 109 Å². The number of nitrogens with zero attached hydrogens (tertiary/aromatic N) is 1. The van der Waals surface area contributed by atoms with Gasteiger partial charge in [-0.05, 0) is 83.5 Å². The Hall–Kier alpha value is -3.37. The molecule has 0 radical (unpaired) electrons. The van der Waals surface area contributed by atoms with Crippen LogP contribution in [0.1, 0.15) is 155 Å². The highest BCUT2D eigenvalue weighted by atomic mass is 31.2. The summed E-state index contributed by atoms with van der Waals surface area (Å²) in [7, 11) is 1.07. The van der Waals surface area contributed by atoms with E-state index < -0.39 is 38.6 Å². The maximum Gasteiger partial charge on any atom is 0.306 e. The maximum atomic E-state index is 12.7. The summed E-state index contributed by atoms with van der Waals surface area (Å²) < 4.78 is 33.8. The Morgan fingerprint density at radius 2 is 1.12 bits per heavy atom. The quantitative estimate of drug-likeness (QED) is 0.0159. The zero-order valence-electron chi connectivity index (χ0n) is 40.5. The van der Waals surface area contributed by atoms with Crippen molar-refractivity contribution in [1.82, 2.24) is 0 Å². The molecule has 2 unspecified atom stereocenters. The number of carbonyl (C=O) groups excluding carboxylic acids is 2. The summed E-state index contributed by atoms with van der Waals surface area (Å²) in [5.74, 6) is -0.987. The molecule has 0 aromatic carbocycles. The fourth-order valence-corrected chi connectivity index (χ4v) is 6.56. The van der Waals surface area contributed by atoms with Crippen LogP contribution < -0.4 is 4.89 Å². The number of hydrogen-bond donors (Lipinski definition) is 1. The zero-order valence-corrected chi connectivity index (χ0v) is 41.4. The first-order valence-electron chi connectivity index (χ1n) is 24.2. The molecular formula is C53H88NO9P. The molecule has 0 heterocycles. The molecule has 0 aromatic rings. The lowest BCUT2D eigenvalue weighted by Gasteiger charge is -2.28. The van der Waals surface area contributed by atoms with E-state index in [0.717, 1.165) is 70.6 Å². The van der Waals surface area contributed by atoms with E-state index in [1.807, 2.05) is 69.8 Å². The van der Waals surface area contributed by atoms with E-state index in [9.17, 15) is 24.2 Å². The van der Waals surface area contributed by atoms with E-state index in [-0.39, 0.29) is 26.1 Å². The standard InChI is InChI=1S/C53H88NO9P/c1-6-8-10-12-14-15-16-17-18-19-20-21-22-23-24-25-30-33-37-41-45-53(57)63-51(49-62-64(58,59)61-47-46-54(3,4)5)48-60-52(56)44-40-36-32-29-27-26-28-31-35-39-43-50(55)42-38-34-13-11-9-7-2/h9,11,15-16,18-19,21-22,26-27,31-32,34-36,38-39,43,50-51,55H,6-8,10,12-14,17,20,23-25,28-30,33,37,40-42,44-49H2,1-5H3/b11-9-,16-15-,19-18-,22-21-,27-26-,35-31-,36-32-,38-34-,43-39+/t50?,51-/m1/s1. The van der Waals surface area contributed by atoms with Crippen LogP contribution in [0.2, 0.25) is 0 Å². The van der Waals surface area contributed by atoms with Crippen LogP contribution in [0.15, 0.2) is 109 Å². The normalized spacial score (nSPS) is 14.9. The zero-order chi connectivity index (χ0) is 47.3. The topological polar surface area (TPSA) is 131 Å². The molecule has 0 saturated carbocycles. The number of aliphatic hydroxyl groups is 1. The van der Waals surface area contributed by atoms with Crippen molar-refractivity contribution in [3.8, 4) is 0 Å². The second-order valence-corrected chi connectivity index (χ2v) is 18.3. The van der Waals surface area contributed by atoms with Gasteiger partial charge < -0.3 is 33.0 Å². The van der Waals surface area contributed by atoms with E-state index in [2.05, 4.69) is 68.5 Å². The number of quaternary nitrogens is 1. The molecule has 0 aliphatic heterocycles. The van der Waals surface area contributed by atoms with E-state index in [4.69, 9.17) is 18.5 Å². The Morgan fingerprint density at radius 1 is 0.594 bits per heavy atom. The molecule has 0 spiro atoms. The Bertz CT molecular complexity index is 1470. The molecule has 1 N–H and O–H groups in total. The number of unbranched alkanes of at least 4 members (excludes halogenated alkanes) is 10. The van der Waals surface area contributed by atoms with Crippen LogP contribution in [0.3, 0.4) is 0 Å². The van der Waals surface area contributed by atoms with Crippen LogP contribution in [-0.4, -0.2) is 81.2 Å². The number of allylic oxidation sites excluding steroid dienone is 16. The first kappa shape index (κ1) is 60.6. The van der Waals surface area contributed by atoms with Gasteiger partial charge in [-0.25, -0.2) is 0 Å². The molecule has 0 bridgehead atoms. The second-order valence-electron chi connectivity index (χ2n) is 16.9. The highest BCUT2D eigenvalue weighted by molar-refractivity contribution is 7.45. The van der Waals surface area contributed by atoms with Gasteiger partial charge in [0.1, 0.15) is 19.8 Å². The molecule has 0 fully saturated rings. The number of esters is 2. The van der Waals surface area contributed by atoms with E-state index in [0.29, 0.717) is 36.7 Å². The molecular weight excluding hydrogens is 826 g/mol. The number of hydrogen-bond acceptors (Lipinski definition) is 9. The first-order valence-corrected chi connectivity index (χ1v) is 25.7. The number of likely N-dealkylation sites (N-methyl/N-ethyl adjacent to an activating group) is 1. The van der Waals surface area contributed by atoms with Crippen LogP contribution in [0.4, 0.5) is 0 Å². The molecule has 0 aliphatic carbocycles. The van der Waals surface area contributed by atoms with Crippen molar-refractivity contribution < 1.29 is 47.2 Å². The number of ether oxygens (including phenoxy) is 2. The molecule has 64 heavy (non-hydrogen) atoms. The van der Waals surface area contributed by atoms with Gasteiger partial charge in [0.25, 0.3) is 7.82 Å². The summed E-state index contributed by atoms with van der Waals surface area (Å²) in [6.07, 6.45) is 55.8. The SMILES string of the molecule is CC/C=C\C/C=C\CC(O)/C=C/C=C\C/C=C\C/C=C\CCC(=O)OC[C@H](COP(=O)([O-])OCC[N+](C)(C)C)OC(=O)CCCCCCCC/C=C\C/C=C\C/C=C\CCCCCC. The molecule has 0 saturated heterocycles. The van der Waals surface area contributed by atoms with Crippen LogP contribution >= 0.6 is 7.82 Å². The molecule has 10 nitrogen and oxygen atoms in total. The van der Waals surface area contributed by atoms with Gasteiger partial charge in [-0.3, -0.25) is 14.2 Å². The van der Waals surface area contributed by atoms with Crippen LogP contribution in [0, 0.1) is 0 Å². The Labute approximate surface area is 389 Å². The predicted molar refractivity (Wildman–Crippen MR) is 264 cm³/mol. The lowest BCUT2D eigenvalue weighted by molar-refractivity contribution is -0.870. The lowest BCUT2D eigenvalue weighted by atomic mass is 10.1. The molecule has 0 amide bonds. The molecule has 0 aromatic heterocycles. The number of rotatable bonds is 42. The minimum Gasteiger partial charge on any atom is -0.756 e. The summed E-state index contributed by atoms with van der Waals surface area (Å²) in [5, 5.41) is 10.0. The Balaban J connectivity index is 4.52. The summed E-state index contributed by atoms with van der Waals surface area (Å²) in [4.78, 5) is 37.6. The third-order valence-corrected chi connectivity index (χ3v) is 10.6. The Kier molecular flexibility index (Phi) is 41.2. The van der Waals surface area contributed by atoms with Crippen LogP contribution in [-0.2, 0) is 32.7 Å². The second kappa shape index (κ2) is 43.5. The van der Waals surface area contributed by atoms with Crippen molar-refractivity contribution in [2.24, 2.45) is 0 Å². The minimum absolute atomic E-state index is 0.0597. The van der Waals surface area contributed by atoms with Gasteiger partial charge in [0.05, 0.1) is 33.9 Å². The number of phosphoric acid groups is 1. The minimum atomic E-state index is -4.67. The molecule has 3 atom stereocenters. The summed E-state index contributed by atoms with van der Waals surface area (Å²) in [5.41, 5.74) is 0. The average molecular weight is 914 g/mol. The highest BCUT2D eigenvalue weighted by Crippen LogP contribution is 2.38. The van der Waals surface area contributed by atoms with E-state index in [1.165, 1.54) is 32.1 Å². The van der Waals surface area contributed by atoms with Crippen molar-refractivity contribution in [3.63, 3.8) is 0 Å². The molecule has 0 rings (SSSR count). The smallest absolute Gasteiger partial charge is 0.306 e. The number of phosphoric ester groups is 1. The van der Waals surface area contributed by atoms with Crippen molar-refractivity contribution >= 4 is 19.8 Å². The predicted octanol–water partition coefficient (Wildman–Crippen LogP) is 12.6. The number of carbonyl (C=O) groups is 2. The molecule has 11 heteroatoms. The van der Waals surface area contributed by atoms with Crippen LogP contribution in [0.5, 0.6) is 0 Å². The summed E-state index contributed by atoms with van der Waals surface area (Å²) in [6.45, 7) is 3.89. The van der Waals surface area contributed by atoms with Gasteiger partial charge in [-0.2, -0.15) is 0 Å². The monoisotopic (exact) mass is 914 g/mol. The van der Waals surface area contributed by atoms with Crippen molar-refractivity contribution in [2.45, 2.75) is 167 Å². The van der Waals surface area contributed by atoms with Gasteiger partial charge in [0.15, 0.2) is 6.10 Å². The van der Waals surface area contributed by atoms with E-state index in [1.54, 1.807) is 6.08 Å². The van der Waals surface area contributed by atoms with Gasteiger partial charge in [-0.1, -0.05) is 168 Å². The van der Waals surface area contributed by atoms with Gasteiger partial charge in [0, 0.05) is 12.8 Å². The maximum absolute atomic E-state index is 12.7. The Morgan fingerprint density at radius 3 is 1.73 bits per heavy atom. The van der Waals surface area contributed by atoms with Gasteiger partial charge >= 0.3 is 11.9 Å². The highest BCUT2D eigenvalue weighted by Gasteiger charge is 2.21. The first-order chi connectivity index (χ1) is 30.9. The van der Waals surface area contributed by atoms with E-state index >= 15 is 0 Å². The fourth-order valence-electron chi connectivity index (χ4n) is 5.83. The third-order valence-electron chi connectivity index (χ3n) is 9.62. The summed E-state index contributed by atoms with van der Waals surface area (Å²) >= 11 is 0. The van der Waals surface area contributed by atoms with Crippen LogP contribution in [0.25, 0.3) is 0 Å². The molecule has 0 aliphatic rings. The average Bonchev–Trinajstić information content (AvgIpc) is 3.25. The van der Waals surface area contributed by atoms with Gasteiger partial charge in [-0.15, -0.1) is 0 Å². The lowest BCUT2D eigenvalue weighted by Crippen LogP contribution is -2.37. The van der Waals surface area contributed by atoms with Gasteiger partial charge in [0.2, 0.25) is 0 Å². The van der Waals surface area contributed by atoms with Crippen molar-refractivity contribution in [2.75, 3.05) is 47.5 Å². The largest absolute Gasteiger partial charge is 0.756 e. The number of aliphatic hydroxyl groups excluding tert-OH is 1.